The van der Waals surface area contributed by atoms with Crippen molar-refractivity contribution in [3.05, 3.63) is 77.6 Å². The fourth-order valence-corrected chi connectivity index (χ4v) is 3.16. The number of carboxylic acids is 1. The Morgan fingerprint density at radius 2 is 1.63 bits per heavy atom. The molecule has 1 heterocycles. The van der Waals surface area contributed by atoms with Crippen molar-refractivity contribution >= 4 is 11.9 Å². The molecule has 0 bridgehead atoms. The molecule has 0 unspecified atom stereocenters. The van der Waals surface area contributed by atoms with Gasteiger partial charge in [-0.3, -0.25) is 0 Å². The Morgan fingerprint density at radius 1 is 1.03 bits per heavy atom. The first-order valence-electron chi connectivity index (χ1n) is 9.66. The number of aromatic nitrogens is 2. The summed E-state index contributed by atoms with van der Waals surface area (Å²) < 4.78 is 0. The second-order valence-electron chi connectivity index (χ2n) is 8.35. The molecular weight excluding hydrogens is 376 g/mol. The van der Waals surface area contributed by atoms with Crippen LogP contribution in [-0.2, 0) is 6.54 Å². The molecule has 1 N–H and O–H groups in total. The first-order valence-corrected chi connectivity index (χ1v) is 9.66. The summed E-state index contributed by atoms with van der Waals surface area (Å²) in [5, 5.41) is 18.2. The molecule has 0 radical (unpaired) electrons. The molecule has 0 saturated carbocycles. The van der Waals surface area contributed by atoms with Crippen LogP contribution in [0.1, 0.15) is 42.4 Å². The second kappa shape index (κ2) is 8.75. The van der Waals surface area contributed by atoms with Crippen molar-refractivity contribution in [1.82, 2.24) is 9.97 Å². The smallest absolute Gasteiger partial charge is 0.335 e. The van der Waals surface area contributed by atoms with Gasteiger partial charge in [-0.15, -0.1) is 0 Å². The molecule has 1 aromatic heterocycles. The molecule has 0 aliphatic heterocycles. The number of benzene rings is 2. The number of aromatic carboxylic acids is 1. The van der Waals surface area contributed by atoms with Gasteiger partial charge in [-0.05, 0) is 40.3 Å². The second-order valence-corrected chi connectivity index (χ2v) is 8.35. The van der Waals surface area contributed by atoms with E-state index in [1.165, 1.54) is 0 Å². The van der Waals surface area contributed by atoms with Crippen molar-refractivity contribution in [3.8, 4) is 17.2 Å². The molecule has 0 saturated heterocycles. The number of hydrogen-bond acceptors (Lipinski definition) is 5. The molecule has 6 nitrogen and oxygen atoms in total. The molecule has 3 rings (SSSR count). The van der Waals surface area contributed by atoms with E-state index in [0.29, 0.717) is 18.2 Å². The maximum absolute atomic E-state index is 11.0. The van der Waals surface area contributed by atoms with Gasteiger partial charge >= 0.3 is 5.97 Å². The highest BCUT2D eigenvalue weighted by Gasteiger charge is 2.19. The van der Waals surface area contributed by atoms with Crippen LogP contribution in [0.3, 0.4) is 0 Å². The van der Waals surface area contributed by atoms with Gasteiger partial charge in [-0.25, -0.2) is 14.8 Å². The molecule has 0 spiro atoms. The molecular formula is C24H24N4O2. The lowest BCUT2D eigenvalue weighted by molar-refractivity contribution is 0.0697. The van der Waals surface area contributed by atoms with Gasteiger partial charge in [-0.1, -0.05) is 57.2 Å². The van der Waals surface area contributed by atoms with Crippen molar-refractivity contribution in [1.29, 1.82) is 5.26 Å². The first-order chi connectivity index (χ1) is 14.2. The lowest BCUT2D eigenvalue weighted by atomic mass is 9.96. The highest BCUT2D eigenvalue weighted by atomic mass is 16.4. The number of carboxylic acid groups (broad SMARTS) is 1. The standard InChI is InChI=1S/C24H24N4O2/c1-24(2,3)16-28(23-26-13-12-21(14-25)27-23)15-17-4-6-18(7-5-17)19-8-10-20(11-9-19)22(29)30/h4-13H,15-16H2,1-3H3,(H,29,30). The summed E-state index contributed by atoms with van der Waals surface area (Å²) in [4.78, 5) is 21.8. The van der Waals surface area contributed by atoms with Crippen molar-refractivity contribution < 1.29 is 9.90 Å². The maximum Gasteiger partial charge on any atom is 0.335 e. The molecule has 30 heavy (non-hydrogen) atoms. The van der Waals surface area contributed by atoms with Gasteiger partial charge in [0, 0.05) is 19.3 Å². The average molecular weight is 400 g/mol. The molecule has 0 atom stereocenters. The number of hydrogen-bond donors (Lipinski definition) is 1. The Morgan fingerprint density at radius 3 is 2.17 bits per heavy atom. The van der Waals surface area contributed by atoms with Crippen molar-refractivity contribution in [2.24, 2.45) is 5.41 Å². The van der Waals surface area contributed by atoms with Crippen LogP contribution in [0.5, 0.6) is 0 Å². The van der Waals surface area contributed by atoms with E-state index in [9.17, 15) is 4.79 Å². The summed E-state index contributed by atoms with van der Waals surface area (Å²) in [5.74, 6) is -0.393. The van der Waals surface area contributed by atoms with Gasteiger partial charge in [0.2, 0.25) is 5.95 Å². The largest absolute Gasteiger partial charge is 0.478 e. The van der Waals surface area contributed by atoms with E-state index in [2.05, 4.69) is 41.7 Å². The summed E-state index contributed by atoms with van der Waals surface area (Å²) in [6, 6.07) is 18.6. The van der Waals surface area contributed by atoms with Crippen LogP contribution in [0.2, 0.25) is 0 Å². The lowest BCUT2D eigenvalue weighted by Crippen LogP contribution is -2.33. The van der Waals surface area contributed by atoms with Gasteiger partial charge in [0.05, 0.1) is 5.56 Å². The van der Waals surface area contributed by atoms with Crippen LogP contribution >= 0.6 is 0 Å². The Bertz CT molecular complexity index is 1060. The van der Waals surface area contributed by atoms with Gasteiger partial charge in [0.15, 0.2) is 0 Å². The predicted octanol–water partition coefficient (Wildman–Crippen LogP) is 4.77. The molecule has 6 heteroatoms. The first kappa shape index (κ1) is 21.0. The highest BCUT2D eigenvalue weighted by molar-refractivity contribution is 5.88. The van der Waals surface area contributed by atoms with Crippen LogP contribution < -0.4 is 4.90 Å². The average Bonchev–Trinajstić information content (AvgIpc) is 2.73. The SMILES string of the molecule is CC(C)(C)CN(Cc1ccc(-c2ccc(C(=O)O)cc2)cc1)c1nccc(C#N)n1. The fraction of sp³-hybridized carbons (Fsp3) is 0.250. The van der Waals surface area contributed by atoms with E-state index < -0.39 is 5.97 Å². The van der Waals surface area contributed by atoms with Crippen molar-refractivity contribution in [3.63, 3.8) is 0 Å². The molecule has 152 valence electrons. The van der Waals surface area contributed by atoms with Gasteiger partial charge < -0.3 is 10.0 Å². The summed E-state index contributed by atoms with van der Waals surface area (Å²) in [6.07, 6.45) is 1.61. The molecule has 0 amide bonds. The van der Waals surface area contributed by atoms with E-state index in [1.54, 1.807) is 24.4 Å². The van der Waals surface area contributed by atoms with Gasteiger partial charge in [-0.2, -0.15) is 5.26 Å². The minimum Gasteiger partial charge on any atom is -0.478 e. The van der Waals surface area contributed by atoms with E-state index in [4.69, 9.17) is 10.4 Å². The molecule has 0 aliphatic rings. The molecule has 0 aliphatic carbocycles. The minimum atomic E-state index is -0.932. The van der Waals surface area contributed by atoms with E-state index in [1.807, 2.05) is 36.4 Å². The highest BCUT2D eigenvalue weighted by Crippen LogP contribution is 2.24. The zero-order chi connectivity index (χ0) is 21.7. The van der Waals surface area contributed by atoms with Gasteiger partial charge in [0.25, 0.3) is 0 Å². The van der Waals surface area contributed by atoms with Crippen LogP contribution in [0.15, 0.2) is 60.8 Å². The van der Waals surface area contributed by atoms with Crippen LogP contribution in [0.25, 0.3) is 11.1 Å². The Kier molecular flexibility index (Phi) is 6.12. The van der Waals surface area contributed by atoms with E-state index in [-0.39, 0.29) is 11.0 Å². The number of rotatable bonds is 6. The number of nitrogens with zero attached hydrogens (tertiary/aromatic N) is 4. The number of anilines is 1. The van der Waals surface area contributed by atoms with Crippen LogP contribution in [-0.4, -0.2) is 27.6 Å². The normalized spacial score (nSPS) is 11.0. The van der Waals surface area contributed by atoms with Crippen molar-refractivity contribution in [2.75, 3.05) is 11.4 Å². The summed E-state index contributed by atoms with van der Waals surface area (Å²) in [7, 11) is 0. The zero-order valence-corrected chi connectivity index (χ0v) is 17.3. The number of carbonyl (C=O) groups is 1. The fourth-order valence-electron chi connectivity index (χ4n) is 3.16. The molecule has 0 fully saturated rings. The van der Waals surface area contributed by atoms with Crippen LogP contribution in [0.4, 0.5) is 5.95 Å². The summed E-state index contributed by atoms with van der Waals surface area (Å²) in [6.45, 7) is 7.80. The van der Waals surface area contributed by atoms with Gasteiger partial charge in [0.1, 0.15) is 11.8 Å². The topological polar surface area (TPSA) is 90.1 Å². The van der Waals surface area contributed by atoms with E-state index >= 15 is 0 Å². The van der Waals surface area contributed by atoms with Crippen molar-refractivity contribution in [2.45, 2.75) is 27.3 Å². The quantitative estimate of drug-likeness (QED) is 0.641. The Balaban J connectivity index is 1.82. The third-order valence-electron chi connectivity index (χ3n) is 4.50. The minimum absolute atomic E-state index is 0.0256. The van der Waals surface area contributed by atoms with Crippen LogP contribution in [0, 0.1) is 16.7 Å². The molecule has 2 aromatic carbocycles. The Labute approximate surface area is 176 Å². The monoisotopic (exact) mass is 400 g/mol. The Hall–Kier alpha value is -3.72. The zero-order valence-electron chi connectivity index (χ0n) is 17.3. The summed E-state index contributed by atoms with van der Waals surface area (Å²) >= 11 is 0. The predicted molar refractivity (Wildman–Crippen MR) is 116 cm³/mol. The maximum atomic E-state index is 11.0. The summed E-state index contributed by atoms with van der Waals surface area (Å²) in [5.41, 5.74) is 3.71. The lowest BCUT2D eigenvalue weighted by Gasteiger charge is -2.30. The number of nitriles is 1. The van der Waals surface area contributed by atoms with E-state index in [0.717, 1.165) is 23.2 Å². The third kappa shape index (κ3) is 5.42. The molecule has 3 aromatic rings. The third-order valence-corrected chi connectivity index (χ3v) is 4.50.